The fraction of sp³-hybridized carbons (Fsp3) is 0.0909. The molecule has 144 valence electrons. The number of pyridine rings is 1. The van der Waals surface area contributed by atoms with Crippen LogP contribution in [-0.4, -0.2) is 27.5 Å². The molecule has 0 bridgehead atoms. The van der Waals surface area contributed by atoms with Gasteiger partial charge in [-0.15, -0.1) is 0 Å². The Bertz CT molecular complexity index is 1130. The molecule has 7 nitrogen and oxygen atoms in total. The number of hydrogen-bond donors (Lipinski definition) is 3. The Morgan fingerprint density at radius 1 is 0.862 bits per heavy atom. The van der Waals surface area contributed by atoms with Gasteiger partial charge in [0.05, 0.1) is 6.20 Å². The lowest BCUT2D eigenvalue weighted by atomic mass is 10.1. The minimum absolute atomic E-state index is 0.305. The number of carbonyl (C=O) groups excluding carboxylic acids is 1. The van der Waals surface area contributed by atoms with Crippen LogP contribution in [0.15, 0.2) is 72.9 Å². The summed E-state index contributed by atoms with van der Waals surface area (Å²) in [5.41, 5.74) is 4.31. The van der Waals surface area contributed by atoms with E-state index in [4.69, 9.17) is 0 Å². The fourth-order valence-electron chi connectivity index (χ4n) is 2.87. The van der Waals surface area contributed by atoms with Crippen LogP contribution in [0.3, 0.4) is 0 Å². The number of amides is 2. The minimum Gasteiger partial charge on any atom is -0.339 e. The minimum atomic E-state index is -0.305. The molecule has 0 unspecified atom stereocenters. The van der Waals surface area contributed by atoms with Gasteiger partial charge >= 0.3 is 6.03 Å². The molecule has 0 saturated heterocycles. The van der Waals surface area contributed by atoms with Crippen molar-refractivity contribution in [3.05, 3.63) is 72.9 Å². The highest BCUT2D eigenvalue weighted by molar-refractivity contribution is 5.89. The zero-order chi connectivity index (χ0) is 20.1. The van der Waals surface area contributed by atoms with Crippen LogP contribution in [0, 0.1) is 0 Å². The fourth-order valence-corrected chi connectivity index (χ4v) is 2.87. The predicted octanol–water partition coefficient (Wildman–Crippen LogP) is 4.58. The number of fused-ring (bicyclic) bond motifs is 1. The van der Waals surface area contributed by atoms with Crippen LogP contribution in [0.4, 0.5) is 22.1 Å². The van der Waals surface area contributed by atoms with Crippen LogP contribution in [0.1, 0.15) is 6.92 Å². The molecule has 0 radical (unpaired) electrons. The summed E-state index contributed by atoms with van der Waals surface area (Å²) in [7, 11) is 0. The third-order valence-electron chi connectivity index (χ3n) is 4.25. The highest BCUT2D eigenvalue weighted by Gasteiger charge is 2.06. The summed E-state index contributed by atoms with van der Waals surface area (Å²) in [4.78, 5) is 24.9. The standard InChI is InChI=1S/C22H20N6O/c1-2-23-22(29)28-19-13-12-18-21(26-19)27-20(14-24-18)25-17-10-8-16(9-11-17)15-6-4-3-5-7-15/h3-14H,2H2,1H3,(H3,23,25,26,27,28,29). The van der Waals surface area contributed by atoms with Crippen LogP contribution in [0.2, 0.25) is 0 Å². The second-order valence-corrected chi connectivity index (χ2v) is 6.35. The third-order valence-corrected chi connectivity index (χ3v) is 4.25. The first-order valence-corrected chi connectivity index (χ1v) is 9.32. The molecule has 2 aromatic heterocycles. The topological polar surface area (TPSA) is 91.8 Å². The smallest absolute Gasteiger partial charge is 0.320 e. The Kier molecular flexibility index (Phi) is 5.29. The van der Waals surface area contributed by atoms with Crippen LogP contribution in [0.5, 0.6) is 0 Å². The predicted molar refractivity (Wildman–Crippen MR) is 115 cm³/mol. The molecule has 2 amide bonds. The Morgan fingerprint density at radius 2 is 1.59 bits per heavy atom. The normalized spacial score (nSPS) is 10.5. The lowest BCUT2D eigenvalue weighted by Crippen LogP contribution is -2.28. The monoisotopic (exact) mass is 384 g/mol. The largest absolute Gasteiger partial charge is 0.339 e. The second kappa shape index (κ2) is 8.35. The molecule has 0 aliphatic rings. The van der Waals surface area contributed by atoms with Crippen LogP contribution < -0.4 is 16.0 Å². The van der Waals surface area contributed by atoms with Crippen molar-refractivity contribution in [1.82, 2.24) is 20.3 Å². The molecular weight excluding hydrogens is 364 g/mol. The van der Waals surface area contributed by atoms with Gasteiger partial charge < -0.3 is 10.6 Å². The summed E-state index contributed by atoms with van der Waals surface area (Å²) >= 11 is 0. The number of urea groups is 1. The highest BCUT2D eigenvalue weighted by atomic mass is 16.2. The number of hydrogen-bond acceptors (Lipinski definition) is 5. The Morgan fingerprint density at radius 3 is 2.34 bits per heavy atom. The number of nitrogens with zero attached hydrogens (tertiary/aromatic N) is 3. The molecule has 3 N–H and O–H groups in total. The molecular formula is C22H20N6O. The van der Waals surface area contributed by atoms with E-state index in [0.717, 1.165) is 11.3 Å². The van der Waals surface area contributed by atoms with Gasteiger partial charge in [0.2, 0.25) is 0 Å². The van der Waals surface area contributed by atoms with Crippen molar-refractivity contribution in [3.8, 4) is 11.1 Å². The van der Waals surface area contributed by atoms with E-state index < -0.39 is 0 Å². The molecule has 0 atom stereocenters. The van der Waals surface area contributed by atoms with E-state index in [1.54, 1.807) is 18.3 Å². The van der Waals surface area contributed by atoms with Crippen molar-refractivity contribution in [2.45, 2.75) is 6.92 Å². The van der Waals surface area contributed by atoms with Gasteiger partial charge in [0.15, 0.2) is 11.5 Å². The van der Waals surface area contributed by atoms with E-state index in [1.165, 1.54) is 5.56 Å². The average molecular weight is 384 g/mol. The quantitative estimate of drug-likeness (QED) is 0.468. The Hall–Kier alpha value is -4.00. The zero-order valence-electron chi connectivity index (χ0n) is 15.9. The number of anilines is 3. The van der Waals surface area contributed by atoms with Gasteiger partial charge in [-0.3, -0.25) is 5.32 Å². The molecule has 4 rings (SSSR count). The van der Waals surface area contributed by atoms with Gasteiger partial charge in [-0.05, 0) is 42.3 Å². The number of carbonyl (C=O) groups is 1. The van der Waals surface area contributed by atoms with Gasteiger partial charge in [0.25, 0.3) is 0 Å². The molecule has 0 fully saturated rings. The summed E-state index contributed by atoms with van der Waals surface area (Å²) < 4.78 is 0. The van der Waals surface area contributed by atoms with Gasteiger partial charge in [0.1, 0.15) is 11.3 Å². The maximum atomic E-state index is 11.7. The summed E-state index contributed by atoms with van der Waals surface area (Å²) in [6.07, 6.45) is 1.66. The molecule has 4 aromatic rings. The molecule has 0 aliphatic heterocycles. The Balaban J connectivity index is 1.52. The SMILES string of the molecule is CCNC(=O)Nc1ccc2ncc(Nc3ccc(-c4ccccc4)cc3)nc2n1. The third kappa shape index (κ3) is 4.47. The average Bonchev–Trinajstić information content (AvgIpc) is 2.75. The first kappa shape index (κ1) is 18.4. The maximum absolute atomic E-state index is 11.7. The number of benzene rings is 2. The van der Waals surface area contributed by atoms with E-state index in [9.17, 15) is 4.79 Å². The zero-order valence-corrected chi connectivity index (χ0v) is 15.9. The second-order valence-electron chi connectivity index (χ2n) is 6.35. The van der Waals surface area contributed by atoms with Crippen molar-refractivity contribution in [2.75, 3.05) is 17.2 Å². The number of aromatic nitrogens is 3. The molecule has 29 heavy (non-hydrogen) atoms. The van der Waals surface area contributed by atoms with E-state index in [1.807, 2.05) is 37.3 Å². The van der Waals surface area contributed by atoms with Crippen molar-refractivity contribution < 1.29 is 4.79 Å². The van der Waals surface area contributed by atoms with Crippen molar-refractivity contribution >= 4 is 34.5 Å². The summed E-state index contributed by atoms with van der Waals surface area (Å²) in [5, 5.41) is 8.58. The number of nitrogens with one attached hydrogen (secondary N) is 3. The van der Waals surface area contributed by atoms with E-state index >= 15 is 0 Å². The highest BCUT2D eigenvalue weighted by Crippen LogP contribution is 2.23. The molecule has 2 heterocycles. The molecule has 2 aromatic carbocycles. The molecule has 0 saturated carbocycles. The molecule has 0 aliphatic carbocycles. The van der Waals surface area contributed by atoms with Gasteiger partial charge in [-0.25, -0.2) is 19.7 Å². The number of rotatable bonds is 5. The van der Waals surface area contributed by atoms with E-state index in [0.29, 0.717) is 29.3 Å². The van der Waals surface area contributed by atoms with Gasteiger partial charge in [0, 0.05) is 12.2 Å². The molecule has 0 spiro atoms. The summed E-state index contributed by atoms with van der Waals surface area (Å²) in [6.45, 7) is 2.39. The molecule has 7 heteroatoms. The summed E-state index contributed by atoms with van der Waals surface area (Å²) in [5.74, 6) is 0.995. The van der Waals surface area contributed by atoms with Crippen molar-refractivity contribution in [2.24, 2.45) is 0 Å². The van der Waals surface area contributed by atoms with Crippen LogP contribution in [-0.2, 0) is 0 Å². The van der Waals surface area contributed by atoms with Gasteiger partial charge in [-0.2, -0.15) is 0 Å². The van der Waals surface area contributed by atoms with E-state index in [2.05, 4.69) is 55.2 Å². The Labute approximate surface area is 168 Å². The van der Waals surface area contributed by atoms with Gasteiger partial charge in [-0.1, -0.05) is 42.5 Å². The first-order valence-electron chi connectivity index (χ1n) is 9.32. The lowest BCUT2D eigenvalue weighted by Gasteiger charge is -2.09. The van der Waals surface area contributed by atoms with Crippen molar-refractivity contribution in [3.63, 3.8) is 0 Å². The summed E-state index contributed by atoms with van der Waals surface area (Å²) in [6, 6.07) is 21.5. The van der Waals surface area contributed by atoms with E-state index in [-0.39, 0.29) is 6.03 Å². The maximum Gasteiger partial charge on any atom is 0.320 e. The van der Waals surface area contributed by atoms with Crippen LogP contribution >= 0.6 is 0 Å². The van der Waals surface area contributed by atoms with Crippen molar-refractivity contribution in [1.29, 1.82) is 0 Å². The first-order chi connectivity index (χ1) is 14.2. The van der Waals surface area contributed by atoms with Crippen LogP contribution in [0.25, 0.3) is 22.3 Å². The lowest BCUT2D eigenvalue weighted by molar-refractivity contribution is 0.252.